The predicted octanol–water partition coefficient (Wildman–Crippen LogP) is 2.31. The Morgan fingerprint density at radius 2 is 2.22 bits per heavy atom. The Bertz CT molecular complexity index is 557. The fraction of sp³-hybridized carbons (Fsp3) is 0.167. The van der Waals surface area contributed by atoms with Crippen LogP contribution in [0.15, 0.2) is 36.8 Å². The fourth-order valence-electron chi connectivity index (χ4n) is 1.56. The van der Waals surface area contributed by atoms with Gasteiger partial charge >= 0.3 is 0 Å². The zero-order valence-electron chi connectivity index (χ0n) is 9.83. The van der Waals surface area contributed by atoms with E-state index < -0.39 is 4.92 Å². The molecule has 92 valence electrons. The van der Waals surface area contributed by atoms with E-state index in [4.69, 9.17) is 0 Å². The molecule has 1 N–H and O–H groups in total. The molecule has 1 aromatic heterocycles. The lowest BCUT2D eigenvalue weighted by molar-refractivity contribution is -0.384. The molecule has 0 bridgehead atoms. The van der Waals surface area contributed by atoms with Gasteiger partial charge in [0.15, 0.2) is 0 Å². The zero-order chi connectivity index (χ0) is 13.0. The van der Waals surface area contributed by atoms with Crippen LogP contribution in [0, 0.1) is 17.0 Å². The Morgan fingerprint density at radius 1 is 1.39 bits per heavy atom. The Balaban J connectivity index is 2.18. The molecule has 0 aliphatic heterocycles. The third-order valence-corrected chi connectivity index (χ3v) is 2.45. The smallest absolute Gasteiger partial charge is 0.292 e. The molecule has 1 heterocycles. The standard InChI is InChI=1S/C12H12N4O2/c1-9-2-3-12(16(17)18)11(6-9)14-7-10-4-5-13-8-15-10/h2-6,8,14H,7H2,1H3. The first kappa shape index (κ1) is 12.0. The quantitative estimate of drug-likeness (QED) is 0.659. The van der Waals surface area contributed by atoms with Crippen molar-refractivity contribution in [1.82, 2.24) is 9.97 Å². The maximum atomic E-state index is 10.9. The van der Waals surface area contributed by atoms with Gasteiger partial charge in [-0.2, -0.15) is 0 Å². The highest BCUT2D eigenvalue weighted by Gasteiger charge is 2.12. The first-order chi connectivity index (χ1) is 8.66. The van der Waals surface area contributed by atoms with Crippen molar-refractivity contribution >= 4 is 11.4 Å². The lowest BCUT2D eigenvalue weighted by Gasteiger charge is -2.07. The Kier molecular flexibility index (Phi) is 3.47. The number of nitro groups is 1. The van der Waals surface area contributed by atoms with Crippen LogP contribution in [0.25, 0.3) is 0 Å². The van der Waals surface area contributed by atoms with Crippen LogP contribution >= 0.6 is 0 Å². The van der Waals surface area contributed by atoms with Gasteiger partial charge in [-0.05, 0) is 24.6 Å². The first-order valence-corrected chi connectivity index (χ1v) is 5.40. The summed E-state index contributed by atoms with van der Waals surface area (Å²) in [4.78, 5) is 18.3. The van der Waals surface area contributed by atoms with Crippen LogP contribution < -0.4 is 5.32 Å². The van der Waals surface area contributed by atoms with Gasteiger partial charge in [0.25, 0.3) is 5.69 Å². The van der Waals surface area contributed by atoms with E-state index in [1.54, 1.807) is 24.4 Å². The second-order valence-corrected chi connectivity index (χ2v) is 3.83. The molecular formula is C12H12N4O2. The van der Waals surface area contributed by atoms with Crippen molar-refractivity contribution in [3.05, 3.63) is 58.2 Å². The minimum Gasteiger partial charge on any atom is -0.374 e. The number of nitro benzene ring substituents is 1. The summed E-state index contributed by atoms with van der Waals surface area (Å²) in [5, 5.41) is 13.9. The summed E-state index contributed by atoms with van der Waals surface area (Å²) in [5.41, 5.74) is 2.31. The molecular weight excluding hydrogens is 232 g/mol. The minimum atomic E-state index is -0.401. The molecule has 0 radical (unpaired) electrons. The Hall–Kier alpha value is -2.50. The molecule has 2 aromatic rings. The molecule has 0 aliphatic rings. The van der Waals surface area contributed by atoms with Crippen LogP contribution in [0.5, 0.6) is 0 Å². The van der Waals surface area contributed by atoms with E-state index in [0.717, 1.165) is 11.3 Å². The average molecular weight is 244 g/mol. The largest absolute Gasteiger partial charge is 0.374 e. The van der Waals surface area contributed by atoms with Crippen molar-refractivity contribution in [3.63, 3.8) is 0 Å². The number of anilines is 1. The molecule has 6 nitrogen and oxygen atoms in total. The van der Waals surface area contributed by atoms with E-state index in [0.29, 0.717) is 12.2 Å². The van der Waals surface area contributed by atoms with Gasteiger partial charge in [-0.1, -0.05) is 6.07 Å². The van der Waals surface area contributed by atoms with E-state index in [1.165, 1.54) is 12.4 Å². The normalized spacial score (nSPS) is 10.1. The van der Waals surface area contributed by atoms with E-state index in [9.17, 15) is 10.1 Å². The lowest BCUT2D eigenvalue weighted by Crippen LogP contribution is -2.04. The molecule has 1 aromatic carbocycles. The molecule has 0 aliphatic carbocycles. The first-order valence-electron chi connectivity index (χ1n) is 5.40. The van der Waals surface area contributed by atoms with Gasteiger partial charge in [0.1, 0.15) is 12.0 Å². The number of aromatic nitrogens is 2. The van der Waals surface area contributed by atoms with Crippen molar-refractivity contribution in [2.45, 2.75) is 13.5 Å². The van der Waals surface area contributed by atoms with E-state index in [2.05, 4.69) is 15.3 Å². The molecule has 0 fully saturated rings. The minimum absolute atomic E-state index is 0.0645. The molecule has 18 heavy (non-hydrogen) atoms. The maximum Gasteiger partial charge on any atom is 0.292 e. The monoisotopic (exact) mass is 244 g/mol. The van der Waals surface area contributed by atoms with Crippen LogP contribution in [0.2, 0.25) is 0 Å². The highest BCUT2D eigenvalue weighted by Crippen LogP contribution is 2.25. The molecule has 0 spiro atoms. The highest BCUT2D eigenvalue weighted by atomic mass is 16.6. The van der Waals surface area contributed by atoms with Gasteiger partial charge in [-0.3, -0.25) is 10.1 Å². The van der Waals surface area contributed by atoms with Gasteiger partial charge in [-0.15, -0.1) is 0 Å². The van der Waals surface area contributed by atoms with E-state index in [1.807, 2.05) is 6.92 Å². The predicted molar refractivity (Wildman–Crippen MR) is 67.2 cm³/mol. The van der Waals surface area contributed by atoms with Crippen molar-refractivity contribution in [3.8, 4) is 0 Å². The number of nitrogens with zero attached hydrogens (tertiary/aromatic N) is 3. The molecule has 0 saturated heterocycles. The van der Waals surface area contributed by atoms with Crippen molar-refractivity contribution in [2.75, 3.05) is 5.32 Å². The maximum absolute atomic E-state index is 10.9. The third kappa shape index (κ3) is 2.79. The summed E-state index contributed by atoms with van der Waals surface area (Å²) in [7, 11) is 0. The van der Waals surface area contributed by atoms with Gasteiger partial charge in [0.2, 0.25) is 0 Å². The number of hydrogen-bond acceptors (Lipinski definition) is 5. The molecule has 0 amide bonds. The zero-order valence-corrected chi connectivity index (χ0v) is 9.83. The van der Waals surface area contributed by atoms with Crippen LogP contribution in [0.3, 0.4) is 0 Å². The highest BCUT2D eigenvalue weighted by molar-refractivity contribution is 5.62. The Labute approximate surface area is 104 Å². The van der Waals surface area contributed by atoms with Crippen LogP contribution in [-0.2, 0) is 6.54 Å². The van der Waals surface area contributed by atoms with Gasteiger partial charge in [0, 0.05) is 12.3 Å². The number of nitrogens with one attached hydrogen (secondary N) is 1. The van der Waals surface area contributed by atoms with Crippen LogP contribution in [0.1, 0.15) is 11.3 Å². The van der Waals surface area contributed by atoms with Crippen LogP contribution in [-0.4, -0.2) is 14.9 Å². The summed E-state index contributed by atoms with van der Waals surface area (Å²) < 4.78 is 0. The second kappa shape index (κ2) is 5.22. The number of hydrogen-bond donors (Lipinski definition) is 1. The van der Waals surface area contributed by atoms with Crippen LogP contribution in [0.4, 0.5) is 11.4 Å². The number of rotatable bonds is 4. The summed E-state index contributed by atoms with van der Waals surface area (Å²) >= 11 is 0. The second-order valence-electron chi connectivity index (χ2n) is 3.83. The van der Waals surface area contributed by atoms with E-state index >= 15 is 0 Å². The van der Waals surface area contributed by atoms with Gasteiger partial charge in [0.05, 0.1) is 17.2 Å². The summed E-state index contributed by atoms with van der Waals surface area (Å²) in [6, 6.07) is 6.72. The topological polar surface area (TPSA) is 81.0 Å². The summed E-state index contributed by atoms with van der Waals surface area (Å²) in [5.74, 6) is 0. The van der Waals surface area contributed by atoms with E-state index in [-0.39, 0.29) is 5.69 Å². The van der Waals surface area contributed by atoms with Crippen molar-refractivity contribution in [1.29, 1.82) is 0 Å². The SMILES string of the molecule is Cc1ccc([N+](=O)[O-])c(NCc2ccncn2)c1. The molecule has 0 unspecified atom stereocenters. The molecule has 2 rings (SSSR count). The van der Waals surface area contributed by atoms with Crippen molar-refractivity contribution < 1.29 is 4.92 Å². The third-order valence-electron chi connectivity index (χ3n) is 2.45. The Morgan fingerprint density at radius 3 is 2.89 bits per heavy atom. The molecule has 0 saturated carbocycles. The number of aryl methyl sites for hydroxylation is 1. The van der Waals surface area contributed by atoms with Crippen molar-refractivity contribution in [2.24, 2.45) is 0 Å². The summed E-state index contributed by atoms with van der Waals surface area (Å²) in [6.07, 6.45) is 3.08. The van der Waals surface area contributed by atoms with Gasteiger partial charge in [-0.25, -0.2) is 9.97 Å². The fourth-order valence-corrected chi connectivity index (χ4v) is 1.56. The van der Waals surface area contributed by atoms with Gasteiger partial charge < -0.3 is 5.32 Å². The number of benzene rings is 1. The molecule has 6 heteroatoms. The average Bonchev–Trinajstić information content (AvgIpc) is 2.37. The lowest BCUT2D eigenvalue weighted by atomic mass is 10.2. The molecule has 0 atom stereocenters. The summed E-state index contributed by atoms with van der Waals surface area (Å²) in [6.45, 7) is 2.31.